The van der Waals surface area contributed by atoms with Gasteiger partial charge in [-0.05, 0) is 0 Å². The Labute approximate surface area is 62.7 Å². The first kappa shape index (κ1) is 46.0. The summed E-state index contributed by atoms with van der Waals surface area (Å²) in [6, 6.07) is 0. The van der Waals surface area contributed by atoms with Crippen molar-refractivity contribution in [3.05, 3.63) is 0 Å². The van der Waals surface area contributed by atoms with E-state index in [-0.39, 0.29) is 63.1 Å². The van der Waals surface area contributed by atoms with Gasteiger partial charge in [-0.2, -0.15) is 0 Å². The minimum absolute atomic E-state index is 0. The predicted octanol–water partition coefficient (Wildman–Crippen LogP) is 1.27. The molecule has 0 fully saturated rings. The van der Waals surface area contributed by atoms with Gasteiger partial charge in [0.1, 0.15) is 0 Å². The number of hydrogen-bond acceptors (Lipinski definition) is 0. The van der Waals surface area contributed by atoms with Gasteiger partial charge in [-0.1, -0.05) is 14.9 Å². The molecular weight excluding hydrogens is 383 g/mol. The minimum atomic E-state index is 0. The van der Waals surface area contributed by atoms with Crippen molar-refractivity contribution < 1.29 is 48.2 Å². The largest absolute Gasteiger partial charge is 0.0776 e. The van der Waals surface area contributed by atoms with Gasteiger partial charge in [-0.3, -0.25) is 0 Å². The summed E-state index contributed by atoms with van der Waals surface area (Å²) in [5.41, 5.74) is 0. The topological polar surface area (TPSA) is 0 Å². The van der Waals surface area contributed by atoms with Crippen LogP contribution in [0.1, 0.15) is 14.9 Å². The van der Waals surface area contributed by atoms with Crippen molar-refractivity contribution in [3.63, 3.8) is 0 Å². The van der Waals surface area contributed by atoms with Crippen molar-refractivity contribution in [3.8, 4) is 0 Å². The molecule has 2 heteroatoms. The van der Waals surface area contributed by atoms with Crippen molar-refractivity contribution >= 4 is 0 Å². The van der Waals surface area contributed by atoms with E-state index < -0.39 is 0 Å². The zero-order valence-corrected chi connectivity index (χ0v) is 7.75. The van der Waals surface area contributed by atoms with Crippen LogP contribution in [0.5, 0.6) is 0 Å². The molecule has 0 aliphatic rings. The van der Waals surface area contributed by atoms with Crippen molar-refractivity contribution in [2.45, 2.75) is 14.9 Å². The molecule has 0 bridgehead atoms. The molecule has 0 saturated heterocycles. The van der Waals surface area contributed by atoms with Crippen molar-refractivity contribution in [2.75, 3.05) is 0 Å². The summed E-state index contributed by atoms with van der Waals surface area (Å²) in [6.45, 7) is 0. The molecule has 0 heterocycles. The molecule has 0 saturated carbocycles. The molecular formula is C2H8HfTa. The molecule has 0 aliphatic heterocycles. The van der Waals surface area contributed by atoms with E-state index in [0.29, 0.717) is 0 Å². The molecule has 0 rings (SSSR count). The van der Waals surface area contributed by atoms with Gasteiger partial charge in [-0.25, -0.2) is 0 Å². The average Bonchev–Trinajstić information content (AvgIpc) is 0. The van der Waals surface area contributed by atoms with Crippen molar-refractivity contribution in [2.24, 2.45) is 0 Å². The Morgan fingerprint density at radius 1 is 0.750 bits per heavy atom. The summed E-state index contributed by atoms with van der Waals surface area (Å²) in [6.07, 6.45) is 0. The van der Waals surface area contributed by atoms with Crippen molar-refractivity contribution in [1.29, 1.82) is 0 Å². The molecule has 0 amide bonds. The second-order valence-electron chi connectivity index (χ2n) is 0. The summed E-state index contributed by atoms with van der Waals surface area (Å²) in [5, 5.41) is 0. The molecule has 0 N–H and O–H groups in total. The first-order valence-corrected chi connectivity index (χ1v) is 0. The zero-order chi connectivity index (χ0) is 0. The molecule has 0 aliphatic carbocycles. The van der Waals surface area contributed by atoms with Crippen LogP contribution < -0.4 is 0 Å². The predicted molar refractivity (Wildman–Crippen MR) is 13.5 cm³/mol. The smallest absolute Gasteiger partial charge is 0 e. The summed E-state index contributed by atoms with van der Waals surface area (Å²) in [4.78, 5) is 0. The van der Waals surface area contributed by atoms with E-state index in [9.17, 15) is 0 Å². The maximum absolute atomic E-state index is 0. The number of hydrogen-bond donors (Lipinski definition) is 0. The van der Waals surface area contributed by atoms with Gasteiger partial charge < -0.3 is 0 Å². The Bertz CT molecular complexity index is 6.00. The van der Waals surface area contributed by atoms with Gasteiger partial charge in [0.05, 0.1) is 0 Å². The Hall–Kier alpha value is 1.61. The summed E-state index contributed by atoms with van der Waals surface area (Å²) in [5.74, 6) is 0. The maximum atomic E-state index is 0. The Morgan fingerprint density at radius 3 is 0.750 bits per heavy atom. The van der Waals surface area contributed by atoms with E-state index in [1.165, 1.54) is 0 Å². The fourth-order valence-electron chi connectivity index (χ4n) is 0. The van der Waals surface area contributed by atoms with Gasteiger partial charge in [0, 0.05) is 48.2 Å². The molecule has 0 nitrogen and oxygen atoms in total. The minimum Gasteiger partial charge on any atom is -0.0776 e. The Morgan fingerprint density at radius 2 is 0.750 bits per heavy atom. The third-order valence-electron chi connectivity index (χ3n) is 0. The van der Waals surface area contributed by atoms with E-state index >= 15 is 0 Å². The van der Waals surface area contributed by atoms with Crippen LogP contribution in [0.15, 0.2) is 0 Å². The van der Waals surface area contributed by atoms with Crippen LogP contribution in [0.25, 0.3) is 0 Å². The first-order chi connectivity index (χ1) is 0. The quantitative estimate of drug-likeness (QED) is 0.546. The fourth-order valence-corrected chi connectivity index (χ4v) is 0. The monoisotopic (exact) mass is 393 g/mol. The number of rotatable bonds is 0. The molecule has 0 aromatic carbocycles. The molecule has 0 atom stereocenters. The van der Waals surface area contributed by atoms with E-state index in [1.54, 1.807) is 0 Å². The van der Waals surface area contributed by atoms with Gasteiger partial charge in [0.15, 0.2) is 0 Å². The normalized spacial score (nSPS) is 0. The second-order valence-corrected chi connectivity index (χ2v) is 0. The van der Waals surface area contributed by atoms with Gasteiger partial charge in [0.25, 0.3) is 0 Å². The third-order valence-corrected chi connectivity index (χ3v) is 0. The third kappa shape index (κ3) is 9.49. The first-order valence-electron chi connectivity index (χ1n) is 0. The Kier molecular flexibility index (Phi) is 266. The van der Waals surface area contributed by atoms with Gasteiger partial charge in [-0.15, -0.1) is 0 Å². The van der Waals surface area contributed by atoms with E-state index in [4.69, 9.17) is 0 Å². The molecule has 0 unspecified atom stereocenters. The van der Waals surface area contributed by atoms with Crippen LogP contribution in [-0.2, 0) is 48.2 Å². The second kappa shape index (κ2) is 23.2. The molecule has 4 heavy (non-hydrogen) atoms. The molecule has 1 radical (unpaired) electrons. The van der Waals surface area contributed by atoms with Crippen LogP contribution in [-0.4, -0.2) is 0 Å². The standard InChI is InChI=1S/2CH4.Hf.Ta/h2*1H4;;. The molecule has 0 aromatic rings. The van der Waals surface area contributed by atoms with Crippen molar-refractivity contribution in [1.82, 2.24) is 0 Å². The molecule has 0 spiro atoms. The van der Waals surface area contributed by atoms with Crippen LogP contribution in [0.3, 0.4) is 0 Å². The van der Waals surface area contributed by atoms with E-state index in [1.807, 2.05) is 0 Å². The van der Waals surface area contributed by atoms with Gasteiger partial charge >= 0.3 is 0 Å². The summed E-state index contributed by atoms with van der Waals surface area (Å²) in [7, 11) is 0. The Balaban J connectivity index is 0. The summed E-state index contributed by atoms with van der Waals surface area (Å²) < 4.78 is 0. The maximum Gasteiger partial charge on any atom is 0 e. The van der Waals surface area contributed by atoms with Crippen LogP contribution >= 0.6 is 0 Å². The van der Waals surface area contributed by atoms with Gasteiger partial charge in [0.2, 0.25) is 0 Å². The van der Waals surface area contributed by atoms with Crippen LogP contribution in [0.2, 0.25) is 0 Å². The summed E-state index contributed by atoms with van der Waals surface area (Å²) >= 11 is 0. The van der Waals surface area contributed by atoms with E-state index in [0.717, 1.165) is 0 Å². The zero-order valence-electron chi connectivity index (χ0n) is 0.947. The molecule has 0 aromatic heterocycles. The SMILES string of the molecule is C.C.[Hf].[Ta]. The van der Waals surface area contributed by atoms with Crippen LogP contribution in [0, 0.1) is 0 Å². The average molecular weight is 392 g/mol. The van der Waals surface area contributed by atoms with E-state index in [2.05, 4.69) is 0 Å². The molecule has 25 valence electrons. The van der Waals surface area contributed by atoms with Crippen LogP contribution in [0.4, 0.5) is 0 Å². The fraction of sp³-hybridized carbons (Fsp3) is 1.00.